The maximum absolute atomic E-state index is 13.9. The van der Waals surface area contributed by atoms with Gasteiger partial charge in [-0.15, -0.1) is 5.10 Å². The van der Waals surface area contributed by atoms with Crippen molar-refractivity contribution in [2.75, 3.05) is 6.54 Å². The SMILES string of the molecule is O=C(c1ccccc1F)N1CCn2nc(OCc3ccc(F)cc3)cc2C1. The molecule has 0 atom stereocenters. The first-order valence-electron chi connectivity index (χ1n) is 8.58. The normalized spacial score (nSPS) is 13.3. The topological polar surface area (TPSA) is 47.4 Å². The third-order valence-electron chi connectivity index (χ3n) is 4.47. The zero-order valence-corrected chi connectivity index (χ0v) is 14.4. The average molecular weight is 369 g/mol. The van der Waals surface area contributed by atoms with Crippen LogP contribution in [-0.2, 0) is 19.7 Å². The molecule has 138 valence electrons. The molecule has 0 radical (unpaired) electrons. The zero-order chi connectivity index (χ0) is 18.8. The van der Waals surface area contributed by atoms with Gasteiger partial charge in [-0.1, -0.05) is 24.3 Å². The van der Waals surface area contributed by atoms with Crippen LogP contribution in [0.1, 0.15) is 21.6 Å². The number of benzene rings is 2. The van der Waals surface area contributed by atoms with Crippen LogP contribution in [0.2, 0.25) is 0 Å². The van der Waals surface area contributed by atoms with E-state index in [9.17, 15) is 13.6 Å². The molecule has 0 saturated carbocycles. The minimum atomic E-state index is -0.523. The van der Waals surface area contributed by atoms with E-state index in [2.05, 4.69) is 5.10 Å². The van der Waals surface area contributed by atoms with E-state index in [0.717, 1.165) is 11.3 Å². The van der Waals surface area contributed by atoms with E-state index in [4.69, 9.17) is 4.74 Å². The predicted molar refractivity (Wildman–Crippen MR) is 94.1 cm³/mol. The minimum Gasteiger partial charge on any atom is -0.472 e. The Labute approximate surface area is 154 Å². The molecule has 0 spiro atoms. The Bertz CT molecular complexity index is 970. The van der Waals surface area contributed by atoms with Crippen LogP contribution < -0.4 is 4.74 Å². The van der Waals surface area contributed by atoms with E-state index in [1.54, 1.807) is 39.9 Å². The number of halogens is 2. The van der Waals surface area contributed by atoms with Crippen LogP contribution in [0, 0.1) is 11.6 Å². The Morgan fingerprint density at radius 1 is 1.07 bits per heavy atom. The fourth-order valence-corrected chi connectivity index (χ4v) is 3.03. The molecule has 0 fully saturated rings. The molecule has 1 aromatic heterocycles. The second-order valence-corrected chi connectivity index (χ2v) is 6.32. The van der Waals surface area contributed by atoms with Gasteiger partial charge in [-0.05, 0) is 29.8 Å². The molecule has 1 amide bonds. The van der Waals surface area contributed by atoms with Crippen molar-refractivity contribution in [3.05, 3.63) is 83.1 Å². The fraction of sp³-hybridized carbons (Fsp3) is 0.200. The van der Waals surface area contributed by atoms with Crippen molar-refractivity contribution in [3.8, 4) is 5.88 Å². The number of fused-ring (bicyclic) bond motifs is 1. The molecule has 0 aliphatic carbocycles. The van der Waals surface area contributed by atoms with E-state index in [-0.39, 0.29) is 23.9 Å². The number of hydrogen-bond donors (Lipinski definition) is 0. The molecule has 2 aromatic carbocycles. The van der Waals surface area contributed by atoms with Crippen molar-refractivity contribution in [3.63, 3.8) is 0 Å². The first-order chi connectivity index (χ1) is 13.1. The molecular formula is C20H17F2N3O2. The van der Waals surface area contributed by atoms with Crippen LogP contribution in [0.15, 0.2) is 54.6 Å². The van der Waals surface area contributed by atoms with Gasteiger partial charge in [0.1, 0.15) is 18.2 Å². The number of ether oxygens (including phenoxy) is 1. The second-order valence-electron chi connectivity index (χ2n) is 6.32. The number of amides is 1. The second kappa shape index (κ2) is 7.19. The van der Waals surface area contributed by atoms with Crippen LogP contribution >= 0.6 is 0 Å². The number of hydrogen-bond acceptors (Lipinski definition) is 3. The summed E-state index contributed by atoms with van der Waals surface area (Å²) in [5.74, 6) is -0.718. The van der Waals surface area contributed by atoms with E-state index in [1.807, 2.05) is 0 Å². The number of aromatic nitrogens is 2. The highest BCUT2D eigenvalue weighted by molar-refractivity contribution is 5.94. The minimum absolute atomic E-state index is 0.0678. The van der Waals surface area contributed by atoms with Crippen molar-refractivity contribution < 1.29 is 18.3 Å². The average Bonchev–Trinajstić information content (AvgIpc) is 3.09. The molecule has 3 aromatic rings. The highest BCUT2D eigenvalue weighted by Crippen LogP contribution is 2.21. The molecule has 2 heterocycles. The van der Waals surface area contributed by atoms with Gasteiger partial charge in [0.05, 0.1) is 24.3 Å². The Morgan fingerprint density at radius 3 is 2.63 bits per heavy atom. The molecule has 0 N–H and O–H groups in total. The summed E-state index contributed by atoms with van der Waals surface area (Å²) < 4.78 is 34.3. The number of rotatable bonds is 4. The van der Waals surface area contributed by atoms with Crippen molar-refractivity contribution in [1.82, 2.24) is 14.7 Å². The fourth-order valence-electron chi connectivity index (χ4n) is 3.03. The Morgan fingerprint density at radius 2 is 1.85 bits per heavy atom. The Hall–Kier alpha value is -3.22. The summed E-state index contributed by atoms with van der Waals surface area (Å²) in [6.45, 7) is 1.56. The summed E-state index contributed by atoms with van der Waals surface area (Å²) in [6.07, 6.45) is 0. The smallest absolute Gasteiger partial charge is 0.257 e. The van der Waals surface area contributed by atoms with Crippen molar-refractivity contribution >= 4 is 5.91 Å². The highest BCUT2D eigenvalue weighted by Gasteiger charge is 2.25. The van der Waals surface area contributed by atoms with Gasteiger partial charge in [0.15, 0.2) is 0 Å². The monoisotopic (exact) mass is 369 g/mol. The van der Waals surface area contributed by atoms with Crippen molar-refractivity contribution in [2.24, 2.45) is 0 Å². The van der Waals surface area contributed by atoms with Crippen LogP contribution in [0.4, 0.5) is 8.78 Å². The molecular weight excluding hydrogens is 352 g/mol. The predicted octanol–water partition coefficient (Wildman–Crippen LogP) is 3.40. The van der Waals surface area contributed by atoms with Crippen LogP contribution in [0.3, 0.4) is 0 Å². The van der Waals surface area contributed by atoms with Gasteiger partial charge in [0.2, 0.25) is 5.88 Å². The van der Waals surface area contributed by atoms with Crippen molar-refractivity contribution in [1.29, 1.82) is 0 Å². The third kappa shape index (κ3) is 3.67. The van der Waals surface area contributed by atoms with Gasteiger partial charge in [-0.3, -0.25) is 9.48 Å². The Balaban J connectivity index is 1.43. The lowest BCUT2D eigenvalue weighted by Gasteiger charge is -2.27. The van der Waals surface area contributed by atoms with Gasteiger partial charge in [0.25, 0.3) is 5.91 Å². The lowest BCUT2D eigenvalue weighted by atomic mass is 10.1. The van der Waals surface area contributed by atoms with E-state index in [0.29, 0.717) is 25.5 Å². The number of carbonyl (C=O) groups is 1. The first-order valence-corrected chi connectivity index (χ1v) is 8.58. The number of nitrogens with zero attached hydrogens (tertiary/aromatic N) is 3. The lowest BCUT2D eigenvalue weighted by molar-refractivity contribution is 0.0701. The first kappa shape index (κ1) is 17.2. The molecule has 7 heteroatoms. The Kier molecular flexibility index (Phi) is 4.58. The summed E-state index contributed by atoms with van der Waals surface area (Å²) in [5.41, 5.74) is 1.72. The van der Waals surface area contributed by atoms with Crippen LogP contribution in [0.5, 0.6) is 5.88 Å². The molecule has 0 saturated heterocycles. The summed E-state index contributed by atoms with van der Waals surface area (Å²) in [4.78, 5) is 14.2. The van der Waals surface area contributed by atoms with Crippen LogP contribution in [0.25, 0.3) is 0 Å². The van der Waals surface area contributed by atoms with Gasteiger partial charge in [-0.2, -0.15) is 0 Å². The van der Waals surface area contributed by atoms with Crippen molar-refractivity contribution in [2.45, 2.75) is 19.7 Å². The van der Waals surface area contributed by atoms with Gasteiger partial charge in [-0.25, -0.2) is 8.78 Å². The zero-order valence-electron chi connectivity index (χ0n) is 14.4. The van der Waals surface area contributed by atoms with Gasteiger partial charge >= 0.3 is 0 Å². The molecule has 1 aliphatic rings. The molecule has 1 aliphatic heterocycles. The maximum atomic E-state index is 13.9. The molecule has 5 nitrogen and oxygen atoms in total. The standard InChI is InChI=1S/C20H17F2N3O2/c21-15-7-5-14(6-8-15)13-27-19-11-16-12-24(9-10-25(16)23-19)20(26)17-3-1-2-4-18(17)22/h1-8,11H,9-10,12-13H2. The van der Waals surface area contributed by atoms with Gasteiger partial charge in [0, 0.05) is 12.6 Å². The molecule has 0 bridgehead atoms. The van der Waals surface area contributed by atoms with Crippen LogP contribution in [-0.4, -0.2) is 27.1 Å². The maximum Gasteiger partial charge on any atom is 0.257 e. The quantitative estimate of drug-likeness (QED) is 0.708. The highest BCUT2D eigenvalue weighted by atomic mass is 19.1. The summed E-state index contributed by atoms with van der Waals surface area (Å²) in [6, 6.07) is 13.8. The van der Waals surface area contributed by atoms with E-state index < -0.39 is 5.82 Å². The molecule has 4 rings (SSSR count). The summed E-state index contributed by atoms with van der Waals surface area (Å²) >= 11 is 0. The van der Waals surface area contributed by atoms with Gasteiger partial charge < -0.3 is 9.64 Å². The largest absolute Gasteiger partial charge is 0.472 e. The molecule has 27 heavy (non-hydrogen) atoms. The summed E-state index contributed by atoms with van der Waals surface area (Å²) in [5, 5.41) is 4.38. The summed E-state index contributed by atoms with van der Waals surface area (Å²) in [7, 11) is 0. The lowest BCUT2D eigenvalue weighted by Crippen LogP contribution is -2.38. The third-order valence-corrected chi connectivity index (χ3v) is 4.47. The van der Waals surface area contributed by atoms with E-state index in [1.165, 1.54) is 24.3 Å². The molecule has 0 unspecified atom stereocenters. The number of carbonyl (C=O) groups excluding carboxylic acids is 1. The van der Waals surface area contributed by atoms with E-state index >= 15 is 0 Å².